The van der Waals surface area contributed by atoms with Gasteiger partial charge in [0, 0.05) is 12.1 Å². The average Bonchev–Trinajstić information content (AvgIpc) is 2.22. The summed E-state index contributed by atoms with van der Waals surface area (Å²) in [6.45, 7) is 1.55. The first-order valence-corrected chi connectivity index (χ1v) is 4.59. The van der Waals surface area contributed by atoms with Crippen LogP contribution < -0.4 is 5.32 Å². The summed E-state index contributed by atoms with van der Waals surface area (Å²) in [6, 6.07) is 3.03. The maximum absolute atomic E-state index is 13.1. The van der Waals surface area contributed by atoms with E-state index in [1.54, 1.807) is 0 Å². The second-order valence-corrected chi connectivity index (χ2v) is 3.20. The number of hydrogen-bond donors (Lipinski definition) is 2. The summed E-state index contributed by atoms with van der Waals surface area (Å²) in [4.78, 5) is 10.4. The molecule has 1 aromatic rings. The van der Waals surface area contributed by atoms with Crippen LogP contribution in [0.4, 0.5) is 14.5 Å². The van der Waals surface area contributed by atoms with E-state index in [0.29, 0.717) is 0 Å². The number of carbonyl (C=O) groups is 1. The Hall–Kier alpha value is -1.91. The van der Waals surface area contributed by atoms with Crippen LogP contribution in [0.3, 0.4) is 0 Å². The molecule has 0 spiro atoms. The molecule has 0 amide bonds. The third kappa shape index (κ3) is 3.34. The molecule has 86 valence electrons. The zero-order valence-electron chi connectivity index (χ0n) is 8.63. The number of anilines is 1. The molecule has 0 aliphatic heterocycles. The van der Waals surface area contributed by atoms with Gasteiger partial charge < -0.3 is 10.4 Å². The van der Waals surface area contributed by atoms with E-state index in [1.807, 2.05) is 0 Å². The Balaban J connectivity index is 2.65. The third-order valence-corrected chi connectivity index (χ3v) is 1.97. The Morgan fingerprint density at radius 1 is 1.50 bits per heavy atom. The number of rotatable bonds is 4. The molecule has 1 rings (SSSR count). The van der Waals surface area contributed by atoms with Crippen molar-refractivity contribution in [3.63, 3.8) is 0 Å². The Bertz CT molecular complexity index is 430. The molecule has 16 heavy (non-hydrogen) atoms. The average molecular weight is 227 g/mol. The summed E-state index contributed by atoms with van der Waals surface area (Å²) in [7, 11) is 0. The molecule has 5 heteroatoms. The molecule has 0 saturated carbocycles. The number of halogens is 2. The molecule has 0 aliphatic rings. The van der Waals surface area contributed by atoms with Crippen molar-refractivity contribution in [3.05, 3.63) is 41.5 Å². The van der Waals surface area contributed by atoms with Gasteiger partial charge in [0.15, 0.2) is 0 Å². The molecule has 0 fully saturated rings. The Morgan fingerprint density at radius 2 is 2.19 bits per heavy atom. The van der Waals surface area contributed by atoms with Crippen LogP contribution in [-0.4, -0.2) is 17.6 Å². The van der Waals surface area contributed by atoms with Gasteiger partial charge >= 0.3 is 5.97 Å². The van der Waals surface area contributed by atoms with Gasteiger partial charge in [-0.2, -0.15) is 0 Å². The van der Waals surface area contributed by atoms with Crippen LogP contribution in [0, 0.1) is 11.6 Å². The molecule has 0 aromatic heterocycles. The molecule has 3 nitrogen and oxygen atoms in total. The Labute approximate surface area is 91.4 Å². The maximum atomic E-state index is 13.1. The van der Waals surface area contributed by atoms with E-state index in [-0.39, 0.29) is 17.8 Å². The first kappa shape index (κ1) is 12.2. The van der Waals surface area contributed by atoms with Crippen molar-refractivity contribution in [2.24, 2.45) is 0 Å². The van der Waals surface area contributed by atoms with E-state index in [4.69, 9.17) is 5.11 Å². The van der Waals surface area contributed by atoms with E-state index >= 15 is 0 Å². The monoisotopic (exact) mass is 227 g/mol. The highest BCUT2D eigenvalue weighted by Crippen LogP contribution is 2.14. The lowest BCUT2D eigenvalue weighted by Gasteiger charge is -2.05. The fourth-order valence-electron chi connectivity index (χ4n) is 1.03. The molecular formula is C11H11F2NO2. The second-order valence-electron chi connectivity index (χ2n) is 3.20. The van der Waals surface area contributed by atoms with E-state index in [9.17, 15) is 13.6 Å². The first-order chi connectivity index (χ1) is 7.50. The predicted molar refractivity (Wildman–Crippen MR) is 56.2 cm³/mol. The number of carboxylic acid groups (broad SMARTS) is 1. The van der Waals surface area contributed by atoms with Crippen molar-refractivity contribution in [1.82, 2.24) is 0 Å². The van der Waals surface area contributed by atoms with Crippen LogP contribution in [0.5, 0.6) is 0 Å². The van der Waals surface area contributed by atoms with Crippen molar-refractivity contribution in [2.45, 2.75) is 6.92 Å². The number of nitrogens with one attached hydrogen (secondary N) is 1. The summed E-state index contributed by atoms with van der Waals surface area (Å²) in [6.07, 6.45) is 1.38. The van der Waals surface area contributed by atoms with Gasteiger partial charge in [-0.25, -0.2) is 13.6 Å². The fourth-order valence-corrected chi connectivity index (χ4v) is 1.03. The molecular weight excluding hydrogens is 216 g/mol. The minimum absolute atomic E-state index is 0.00874. The number of benzene rings is 1. The summed E-state index contributed by atoms with van der Waals surface area (Å²) in [5, 5.41) is 11.1. The minimum Gasteiger partial charge on any atom is -0.478 e. The van der Waals surface area contributed by atoms with E-state index in [2.05, 4.69) is 5.32 Å². The molecule has 0 aliphatic carbocycles. The van der Waals surface area contributed by atoms with Crippen LogP contribution in [0.15, 0.2) is 29.8 Å². The smallest absolute Gasteiger partial charge is 0.331 e. The van der Waals surface area contributed by atoms with Crippen molar-refractivity contribution >= 4 is 11.7 Å². The molecule has 0 saturated heterocycles. The van der Waals surface area contributed by atoms with Crippen LogP contribution >= 0.6 is 0 Å². The molecule has 0 radical (unpaired) electrons. The standard InChI is InChI=1S/C11H11F2NO2/c1-7(11(15)16)4-5-14-10-6-8(12)2-3-9(10)13/h2-4,6,14H,5H2,1H3,(H,15,16)/b7-4-. The summed E-state index contributed by atoms with van der Waals surface area (Å²) in [5.74, 6) is -2.17. The van der Waals surface area contributed by atoms with Crippen LogP contribution in [0.1, 0.15) is 6.92 Å². The zero-order chi connectivity index (χ0) is 12.1. The van der Waals surface area contributed by atoms with E-state index in [1.165, 1.54) is 13.0 Å². The molecule has 0 unspecified atom stereocenters. The van der Waals surface area contributed by atoms with Crippen LogP contribution in [0.25, 0.3) is 0 Å². The van der Waals surface area contributed by atoms with Crippen molar-refractivity contribution < 1.29 is 18.7 Å². The number of carboxylic acids is 1. The molecule has 0 heterocycles. The van der Waals surface area contributed by atoms with Crippen molar-refractivity contribution in [2.75, 3.05) is 11.9 Å². The van der Waals surface area contributed by atoms with Gasteiger partial charge in [0.05, 0.1) is 5.69 Å². The summed E-state index contributed by atoms with van der Waals surface area (Å²) >= 11 is 0. The maximum Gasteiger partial charge on any atom is 0.331 e. The molecule has 1 aromatic carbocycles. The third-order valence-electron chi connectivity index (χ3n) is 1.97. The van der Waals surface area contributed by atoms with Crippen molar-refractivity contribution in [3.8, 4) is 0 Å². The van der Waals surface area contributed by atoms with Gasteiger partial charge in [-0.1, -0.05) is 6.08 Å². The van der Waals surface area contributed by atoms with Crippen molar-refractivity contribution in [1.29, 1.82) is 0 Å². The number of hydrogen-bond acceptors (Lipinski definition) is 2. The second kappa shape index (κ2) is 5.25. The Kier molecular flexibility index (Phi) is 3.99. The summed E-state index contributed by atoms with van der Waals surface area (Å²) in [5.41, 5.74) is 0.152. The van der Waals surface area contributed by atoms with Gasteiger partial charge in [0.1, 0.15) is 11.6 Å². The highest BCUT2D eigenvalue weighted by atomic mass is 19.1. The van der Waals surface area contributed by atoms with Gasteiger partial charge in [-0.05, 0) is 25.1 Å². The van der Waals surface area contributed by atoms with Gasteiger partial charge in [0.2, 0.25) is 0 Å². The lowest BCUT2D eigenvalue weighted by molar-refractivity contribution is -0.132. The molecule has 0 atom stereocenters. The van der Waals surface area contributed by atoms with Crippen LogP contribution in [0.2, 0.25) is 0 Å². The topological polar surface area (TPSA) is 49.3 Å². The number of aliphatic carboxylic acids is 1. The quantitative estimate of drug-likeness (QED) is 0.776. The first-order valence-electron chi connectivity index (χ1n) is 4.59. The molecule has 2 N–H and O–H groups in total. The van der Waals surface area contributed by atoms with Crippen LogP contribution in [-0.2, 0) is 4.79 Å². The lowest BCUT2D eigenvalue weighted by Crippen LogP contribution is -2.04. The molecule has 0 bridgehead atoms. The minimum atomic E-state index is -1.04. The predicted octanol–water partition coefficient (Wildman–Crippen LogP) is 2.41. The zero-order valence-corrected chi connectivity index (χ0v) is 8.63. The highest BCUT2D eigenvalue weighted by molar-refractivity contribution is 5.85. The van der Waals surface area contributed by atoms with Gasteiger partial charge in [-0.3, -0.25) is 0 Å². The SMILES string of the molecule is C/C(=C/CNc1cc(F)ccc1F)C(=O)O. The van der Waals surface area contributed by atoms with Gasteiger partial charge in [-0.15, -0.1) is 0 Å². The normalized spacial score (nSPS) is 11.3. The van der Waals surface area contributed by atoms with E-state index in [0.717, 1.165) is 18.2 Å². The largest absolute Gasteiger partial charge is 0.478 e. The fraction of sp³-hybridized carbons (Fsp3) is 0.182. The van der Waals surface area contributed by atoms with Gasteiger partial charge in [0.25, 0.3) is 0 Å². The Morgan fingerprint density at radius 3 is 2.81 bits per heavy atom. The van der Waals surface area contributed by atoms with E-state index < -0.39 is 17.6 Å². The summed E-state index contributed by atoms with van der Waals surface area (Å²) < 4.78 is 25.8. The lowest BCUT2D eigenvalue weighted by atomic mass is 10.2. The highest BCUT2D eigenvalue weighted by Gasteiger charge is 2.03.